The molecular formula is C59H42N2. The highest BCUT2D eigenvalue weighted by Gasteiger charge is 2.35. The van der Waals surface area contributed by atoms with Crippen LogP contribution in [0.5, 0.6) is 0 Å². The van der Waals surface area contributed by atoms with Crippen molar-refractivity contribution in [2.24, 2.45) is 0 Å². The summed E-state index contributed by atoms with van der Waals surface area (Å²) in [5, 5.41) is 7.58. The number of anilines is 3. The van der Waals surface area contributed by atoms with E-state index in [0.29, 0.717) is 0 Å². The molecule has 0 radical (unpaired) electrons. The molecule has 0 fully saturated rings. The summed E-state index contributed by atoms with van der Waals surface area (Å²) < 4.78 is 2.41. The van der Waals surface area contributed by atoms with Crippen LogP contribution in [0.25, 0.3) is 82.4 Å². The SMILES string of the molecule is CC1(C)c2ccccc2-c2cc(-c3ccccc3N(c3ccc(-c4cccc5c4ccc4ccccc45)cc3)c3cccc(-n4c5ccccc5c5ccccc54)c3)ccc21. The van der Waals surface area contributed by atoms with E-state index in [2.05, 4.69) is 242 Å². The van der Waals surface area contributed by atoms with Gasteiger partial charge in [-0.25, -0.2) is 0 Å². The highest BCUT2D eigenvalue weighted by molar-refractivity contribution is 6.12. The Morgan fingerprint density at radius 1 is 0.361 bits per heavy atom. The van der Waals surface area contributed by atoms with E-state index in [0.717, 1.165) is 22.7 Å². The van der Waals surface area contributed by atoms with Gasteiger partial charge in [-0.05, 0) is 115 Å². The lowest BCUT2D eigenvalue weighted by Gasteiger charge is -2.29. The van der Waals surface area contributed by atoms with Crippen molar-refractivity contribution in [1.82, 2.24) is 4.57 Å². The standard InChI is InChI=1S/C59H42N2/c1-59(2)54-25-9-5-20-50(54)53-37-41(32-36-55(53)59)47-19-6-10-26-56(47)60(43-16-13-17-44(38-43)61-57-27-11-7-21-51(57)52-22-8-12-28-58(52)61)42-33-29-40(30-34-42)46-23-14-24-48-45-18-4-3-15-39(45)31-35-49(46)48/h3-38H,1-2H3. The Hall–Kier alpha value is -7.68. The summed E-state index contributed by atoms with van der Waals surface area (Å²) in [5.41, 5.74) is 17.0. The van der Waals surface area contributed by atoms with Crippen molar-refractivity contribution in [2.75, 3.05) is 4.90 Å². The quantitative estimate of drug-likeness (QED) is 0.153. The summed E-state index contributed by atoms with van der Waals surface area (Å²) in [6.45, 7) is 4.70. The Morgan fingerprint density at radius 2 is 0.967 bits per heavy atom. The third kappa shape index (κ3) is 5.49. The van der Waals surface area contributed by atoms with Gasteiger partial charge in [0.25, 0.3) is 0 Å². The molecule has 0 amide bonds. The minimum Gasteiger partial charge on any atom is -0.310 e. The maximum absolute atomic E-state index is 2.44. The van der Waals surface area contributed by atoms with E-state index >= 15 is 0 Å². The van der Waals surface area contributed by atoms with E-state index < -0.39 is 0 Å². The minimum absolute atomic E-state index is 0.0534. The van der Waals surface area contributed by atoms with Crippen molar-refractivity contribution < 1.29 is 0 Å². The summed E-state index contributed by atoms with van der Waals surface area (Å²) in [4.78, 5) is 2.44. The first-order valence-electron chi connectivity index (χ1n) is 21.3. The van der Waals surface area contributed by atoms with Crippen molar-refractivity contribution in [1.29, 1.82) is 0 Å². The number of hydrogen-bond acceptors (Lipinski definition) is 1. The highest BCUT2D eigenvalue weighted by atomic mass is 15.1. The van der Waals surface area contributed by atoms with Crippen molar-refractivity contribution in [3.63, 3.8) is 0 Å². The van der Waals surface area contributed by atoms with E-state index in [1.807, 2.05) is 0 Å². The molecule has 0 unspecified atom stereocenters. The molecule has 0 aliphatic heterocycles. The summed E-state index contributed by atoms with van der Waals surface area (Å²) in [7, 11) is 0. The lowest BCUT2D eigenvalue weighted by molar-refractivity contribution is 0.660. The van der Waals surface area contributed by atoms with Gasteiger partial charge in [-0.1, -0.05) is 178 Å². The molecular weight excluding hydrogens is 737 g/mol. The largest absolute Gasteiger partial charge is 0.310 e. The van der Waals surface area contributed by atoms with Gasteiger partial charge < -0.3 is 9.47 Å². The normalized spacial score (nSPS) is 12.9. The Morgan fingerprint density at radius 3 is 1.77 bits per heavy atom. The van der Waals surface area contributed by atoms with Crippen LogP contribution in [0.3, 0.4) is 0 Å². The van der Waals surface area contributed by atoms with Crippen LogP contribution in [0, 0.1) is 0 Å². The van der Waals surface area contributed by atoms with E-state index in [-0.39, 0.29) is 5.41 Å². The minimum atomic E-state index is -0.0534. The Balaban J connectivity index is 1.04. The van der Waals surface area contributed by atoms with E-state index in [1.54, 1.807) is 0 Å². The van der Waals surface area contributed by atoms with E-state index in [4.69, 9.17) is 0 Å². The average Bonchev–Trinajstić information content (AvgIpc) is 3.77. The fourth-order valence-corrected chi connectivity index (χ4v) is 10.3. The molecule has 0 atom stereocenters. The second kappa shape index (κ2) is 13.7. The number of fused-ring (bicyclic) bond motifs is 9. The molecule has 1 aliphatic carbocycles. The summed E-state index contributed by atoms with van der Waals surface area (Å²) in [6.07, 6.45) is 0. The topological polar surface area (TPSA) is 8.17 Å². The van der Waals surface area contributed by atoms with Crippen molar-refractivity contribution in [3.8, 4) is 39.1 Å². The van der Waals surface area contributed by atoms with Gasteiger partial charge in [-0.15, -0.1) is 0 Å². The van der Waals surface area contributed by atoms with Crippen LogP contribution in [0.4, 0.5) is 17.1 Å². The number of aromatic nitrogens is 1. The van der Waals surface area contributed by atoms with Crippen molar-refractivity contribution in [2.45, 2.75) is 19.3 Å². The Labute approximate surface area is 356 Å². The molecule has 11 aromatic rings. The highest BCUT2D eigenvalue weighted by Crippen LogP contribution is 2.51. The summed E-state index contributed by atoms with van der Waals surface area (Å²) >= 11 is 0. The van der Waals surface area contributed by atoms with Gasteiger partial charge in [0, 0.05) is 38.8 Å². The number of hydrogen-bond donors (Lipinski definition) is 0. The van der Waals surface area contributed by atoms with Gasteiger partial charge in [-0.3, -0.25) is 0 Å². The van der Waals surface area contributed by atoms with Gasteiger partial charge >= 0.3 is 0 Å². The van der Waals surface area contributed by atoms with Crippen LogP contribution in [-0.2, 0) is 5.41 Å². The van der Waals surface area contributed by atoms with Gasteiger partial charge in [-0.2, -0.15) is 0 Å². The number of benzene rings is 10. The monoisotopic (exact) mass is 778 g/mol. The first-order chi connectivity index (χ1) is 30.0. The maximum atomic E-state index is 2.44. The molecule has 61 heavy (non-hydrogen) atoms. The fourth-order valence-electron chi connectivity index (χ4n) is 10.3. The lowest BCUT2D eigenvalue weighted by atomic mass is 9.82. The van der Waals surface area contributed by atoms with Crippen LogP contribution in [-0.4, -0.2) is 4.57 Å². The van der Waals surface area contributed by atoms with Crippen LogP contribution in [0.2, 0.25) is 0 Å². The molecule has 0 bridgehead atoms. The van der Waals surface area contributed by atoms with E-state index in [9.17, 15) is 0 Å². The van der Waals surface area contributed by atoms with Gasteiger partial charge in [0.15, 0.2) is 0 Å². The van der Waals surface area contributed by atoms with Gasteiger partial charge in [0.1, 0.15) is 0 Å². The first kappa shape index (κ1) is 35.3. The molecule has 1 aromatic heterocycles. The molecule has 0 saturated carbocycles. The zero-order valence-electron chi connectivity index (χ0n) is 34.2. The Bertz CT molecular complexity index is 3460. The van der Waals surface area contributed by atoms with Crippen LogP contribution >= 0.6 is 0 Å². The first-order valence-corrected chi connectivity index (χ1v) is 21.3. The maximum Gasteiger partial charge on any atom is 0.0541 e. The molecule has 288 valence electrons. The van der Waals surface area contributed by atoms with Crippen LogP contribution < -0.4 is 4.90 Å². The second-order valence-electron chi connectivity index (χ2n) is 16.9. The molecule has 12 rings (SSSR count). The number of rotatable bonds is 6. The summed E-state index contributed by atoms with van der Waals surface area (Å²) in [5.74, 6) is 0. The Kier molecular flexibility index (Phi) is 7.92. The molecule has 1 heterocycles. The van der Waals surface area contributed by atoms with Crippen molar-refractivity contribution in [3.05, 3.63) is 230 Å². The molecule has 0 saturated heterocycles. The summed E-state index contributed by atoms with van der Waals surface area (Å²) in [6, 6.07) is 80.5. The fraction of sp³-hybridized carbons (Fsp3) is 0.0508. The number of para-hydroxylation sites is 3. The molecule has 2 heteroatoms. The third-order valence-electron chi connectivity index (χ3n) is 13.2. The molecule has 1 aliphatic rings. The molecule has 0 N–H and O–H groups in total. The third-order valence-corrected chi connectivity index (χ3v) is 13.2. The predicted octanol–water partition coefficient (Wildman–Crippen LogP) is 16.2. The zero-order valence-corrected chi connectivity index (χ0v) is 34.2. The second-order valence-corrected chi connectivity index (χ2v) is 16.9. The molecule has 2 nitrogen and oxygen atoms in total. The molecule has 0 spiro atoms. The van der Waals surface area contributed by atoms with Gasteiger partial charge in [0.2, 0.25) is 0 Å². The van der Waals surface area contributed by atoms with Crippen molar-refractivity contribution >= 4 is 60.4 Å². The molecule has 10 aromatic carbocycles. The lowest BCUT2D eigenvalue weighted by Crippen LogP contribution is -2.14. The van der Waals surface area contributed by atoms with Gasteiger partial charge in [0.05, 0.1) is 16.7 Å². The van der Waals surface area contributed by atoms with Crippen LogP contribution in [0.15, 0.2) is 218 Å². The zero-order chi connectivity index (χ0) is 40.7. The smallest absolute Gasteiger partial charge is 0.0541 e. The van der Waals surface area contributed by atoms with Crippen LogP contribution in [0.1, 0.15) is 25.0 Å². The number of nitrogens with zero attached hydrogens (tertiary/aromatic N) is 2. The predicted molar refractivity (Wildman–Crippen MR) is 259 cm³/mol. The van der Waals surface area contributed by atoms with E-state index in [1.165, 1.54) is 87.9 Å². The average molecular weight is 779 g/mol.